The van der Waals surface area contributed by atoms with Gasteiger partial charge in [-0.1, -0.05) is 12.8 Å². The SMILES string of the molecule is O=C1CN2CC1C1(CCCC1)C2. The molecule has 0 N–H and O–H groups in total. The lowest BCUT2D eigenvalue weighted by Crippen LogP contribution is -2.39. The number of fused-ring (bicyclic) bond motifs is 3. The summed E-state index contributed by atoms with van der Waals surface area (Å²) in [6, 6.07) is 0. The second-order valence-electron chi connectivity index (χ2n) is 4.76. The van der Waals surface area contributed by atoms with Gasteiger partial charge in [0, 0.05) is 19.0 Å². The van der Waals surface area contributed by atoms with Gasteiger partial charge in [-0.05, 0) is 18.3 Å². The van der Waals surface area contributed by atoms with Crippen molar-refractivity contribution in [2.24, 2.45) is 11.3 Å². The van der Waals surface area contributed by atoms with Gasteiger partial charge in [0.05, 0.1) is 6.54 Å². The summed E-state index contributed by atoms with van der Waals surface area (Å²) in [5.41, 5.74) is 0.454. The zero-order valence-corrected chi connectivity index (χ0v) is 7.38. The number of ketones is 1. The number of Topliss-reactive ketones (excluding diaryl/α,β-unsaturated/α-hetero) is 1. The van der Waals surface area contributed by atoms with Crippen molar-refractivity contribution < 1.29 is 4.79 Å². The molecular weight excluding hydrogens is 150 g/mol. The van der Waals surface area contributed by atoms with Crippen molar-refractivity contribution >= 4 is 5.78 Å². The minimum absolute atomic E-state index is 0.431. The molecule has 0 amide bonds. The molecule has 3 aliphatic rings. The Morgan fingerprint density at radius 1 is 1.33 bits per heavy atom. The van der Waals surface area contributed by atoms with E-state index in [2.05, 4.69) is 4.90 Å². The minimum Gasteiger partial charge on any atom is -0.298 e. The molecule has 1 spiro atoms. The summed E-state index contributed by atoms with van der Waals surface area (Å²) in [6.45, 7) is 3.06. The van der Waals surface area contributed by atoms with Gasteiger partial charge in [-0.3, -0.25) is 9.69 Å². The largest absolute Gasteiger partial charge is 0.298 e. The molecule has 2 heteroatoms. The number of hydrogen-bond donors (Lipinski definition) is 0. The van der Waals surface area contributed by atoms with Crippen molar-refractivity contribution in [3.8, 4) is 0 Å². The molecule has 2 aliphatic heterocycles. The van der Waals surface area contributed by atoms with E-state index in [4.69, 9.17) is 0 Å². The zero-order chi connectivity index (χ0) is 8.18. The summed E-state index contributed by atoms with van der Waals surface area (Å²) in [5, 5.41) is 0. The lowest BCUT2D eigenvalue weighted by atomic mass is 9.74. The van der Waals surface area contributed by atoms with E-state index in [1.54, 1.807) is 0 Å². The third-order valence-electron chi connectivity index (χ3n) is 4.09. The molecule has 0 aromatic heterocycles. The fourth-order valence-electron chi connectivity index (χ4n) is 3.55. The second kappa shape index (κ2) is 2.11. The summed E-state index contributed by atoms with van der Waals surface area (Å²) < 4.78 is 0. The third-order valence-corrected chi connectivity index (χ3v) is 4.09. The van der Waals surface area contributed by atoms with Gasteiger partial charge < -0.3 is 0 Å². The van der Waals surface area contributed by atoms with E-state index in [1.165, 1.54) is 32.2 Å². The van der Waals surface area contributed by atoms with Crippen molar-refractivity contribution in [3.05, 3.63) is 0 Å². The second-order valence-corrected chi connectivity index (χ2v) is 4.76. The van der Waals surface area contributed by atoms with Crippen LogP contribution in [0.15, 0.2) is 0 Å². The van der Waals surface area contributed by atoms with E-state index in [9.17, 15) is 4.79 Å². The molecule has 3 rings (SSSR count). The third kappa shape index (κ3) is 0.717. The van der Waals surface area contributed by atoms with Crippen LogP contribution in [0, 0.1) is 11.3 Å². The van der Waals surface area contributed by atoms with E-state index >= 15 is 0 Å². The van der Waals surface area contributed by atoms with Crippen LogP contribution in [0.1, 0.15) is 25.7 Å². The van der Waals surface area contributed by atoms with Gasteiger partial charge >= 0.3 is 0 Å². The first-order valence-corrected chi connectivity index (χ1v) is 5.05. The summed E-state index contributed by atoms with van der Waals surface area (Å²) >= 11 is 0. The van der Waals surface area contributed by atoms with Crippen LogP contribution in [0.3, 0.4) is 0 Å². The van der Waals surface area contributed by atoms with Crippen molar-refractivity contribution in [1.82, 2.24) is 4.90 Å². The molecule has 0 radical (unpaired) electrons. The molecule has 0 aromatic carbocycles. The molecule has 2 saturated heterocycles. The Balaban J connectivity index is 1.94. The van der Waals surface area contributed by atoms with Crippen molar-refractivity contribution in [1.29, 1.82) is 0 Å². The van der Waals surface area contributed by atoms with Crippen LogP contribution in [-0.4, -0.2) is 30.3 Å². The lowest BCUT2D eigenvalue weighted by molar-refractivity contribution is -0.124. The Morgan fingerprint density at radius 2 is 2.08 bits per heavy atom. The molecule has 2 bridgehead atoms. The van der Waals surface area contributed by atoms with Crippen LogP contribution in [0.2, 0.25) is 0 Å². The highest BCUT2D eigenvalue weighted by Gasteiger charge is 2.55. The Morgan fingerprint density at radius 3 is 2.67 bits per heavy atom. The molecule has 2 heterocycles. The maximum Gasteiger partial charge on any atom is 0.151 e. The van der Waals surface area contributed by atoms with Crippen LogP contribution < -0.4 is 0 Å². The Bertz CT molecular complexity index is 230. The number of nitrogens with zero attached hydrogens (tertiary/aromatic N) is 1. The van der Waals surface area contributed by atoms with E-state index in [0.717, 1.165) is 13.1 Å². The highest BCUT2D eigenvalue weighted by molar-refractivity contribution is 5.87. The van der Waals surface area contributed by atoms with Crippen molar-refractivity contribution in [3.63, 3.8) is 0 Å². The molecule has 2 unspecified atom stereocenters. The van der Waals surface area contributed by atoms with Crippen LogP contribution in [0.5, 0.6) is 0 Å². The molecule has 66 valence electrons. The van der Waals surface area contributed by atoms with Gasteiger partial charge in [0.2, 0.25) is 0 Å². The van der Waals surface area contributed by atoms with Gasteiger partial charge in [-0.15, -0.1) is 0 Å². The first kappa shape index (κ1) is 7.07. The average molecular weight is 165 g/mol. The maximum atomic E-state index is 11.6. The number of carbonyl (C=O) groups excluding carboxylic acids is 1. The highest BCUT2D eigenvalue weighted by Crippen LogP contribution is 2.51. The van der Waals surface area contributed by atoms with E-state index < -0.39 is 0 Å². The van der Waals surface area contributed by atoms with Crippen LogP contribution >= 0.6 is 0 Å². The summed E-state index contributed by atoms with van der Waals surface area (Å²) in [5.74, 6) is 0.961. The Kier molecular flexibility index (Phi) is 1.24. The van der Waals surface area contributed by atoms with Crippen molar-refractivity contribution in [2.75, 3.05) is 19.6 Å². The molecule has 3 fully saturated rings. The highest BCUT2D eigenvalue weighted by atomic mass is 16.1. The predicted octanol–water partition coefficient (Wildman–Crippen LogP) is 1.06. The monoisotopic (exact) mass is 165 g/mol. The van der Waals surface area contributed by atoms with Crippen molar-refractivity contribution in [2.45, 2.75) is 25.7 Å². The quantitative estimate of drug-likeness (QED) is 0.535. The maximum absolute atomic E-state index is 11.6. The predicted molar refractivity (Wildman–Crippen MR) is 45.8 cm³/mol. The number of rotatable bonds is 0. The number of piperidine rings is 1. The van der Waals surface area contributed by atoms with Crippen LogP contribution in [-0.2, 0) is 4.79 Å². The smallest absolute Gasteiger partial charge is 0.151 e. The first-order chi connectivity index (χ1) is 5.80. The zero-order valence-electron chi connectivity index (χ0n) is 7.38. The number of carbonyl (C=O) groups is 1. The topological polar surface area (TPSA) is 20.3 Å². The first-order valence-electron chi connectivity index (χ1n) is 5.05. The van der Waals surface area contributed by atoms with Crippen LogP contribution in [0.25, 0.3) is 0 Å². The summed E-state index contributed by atoms with van der Waals surface area (Å²) in [6.07, 6.45) is 5.36. The standard InChI is InChI=1S/C10H15NO/c12-9-6-11-5-8(9)10(7-11)3-1-2-4-10/h8H,1-7H2. The van der Waals surface area contributed by atoms with Gasteiger partial charge in [0.25, 0.3) is 0 Å². The van der Waals surface area contributed by atoms with E-state index in [0.29, 0.717) is 17.1 Å². The Labute approximate surface area is 72.9 Å². The number of hydrogen-bond acceptors (Lipinski definition) is 2. The Hall–Kier alpha value is -0.370. The van der Waals surface area contributed by atoms with Gasteiger partial charge in [0.15, 0.2) is 5.78 Å². The molecule has 1 aliphatic carbocycles. The minimum atomic E-state index is 0.431. The average Bonchev–Trinajstić information content (AvgIpc) is 2.66. The van der Waals surface area contributed by atoms with Crippen LogP contribution in [0.4, 0.5) is 0 Å². The molecule has 2 atom stereocenters. The van der Waals surface area contributed by atoms with Gasteiger partial charge in [-0.2, -0.15) is 0 Å². The molecule has 12 heavy (non-hydrogen) atoms. The van der Waals surface area contributed by atoms with E-state index in [1.807, 2.05) is 0 Å². The van der Waals surface area contributed by atoms with E-state index in [-0.39, 0.29) is 0 Å². The summed E-state index contributed by atoms with van der Waals surface area (Å²) in [7, 11) is 0. The fraction of sp³-hybridized carbons (Fsp3) is 0.900. The molecule has 0 aromatic rings. The fourth-order valence-corrected chi connectivity index (χ4v) is 3.55. The van der Waals surface area contributed by atoms with Gasteiger partial charge in [0.1, 0.15) is 0 Å². The molecule has 2 nitrogen and oxygen atoms in total. The normalized spacial score (nSPS) is 43.2. The molecule has 1 saturated carbocycles. The lowest BCUT2D eigenvalue weighted by Gasteiger charge is -2.32. The summed E-state index contributed by atoms with van der Waals surface area (Å²) in [4.78, 5) is 13.9. The molecular formula is C10H15NO. The van der Waals surface area contributed by atoms with Gasteiger partial charge in [-0.25, -0.2) is 0 Å².